The molecule has 0 aromatic rings. The van der Waals surface area contributed by atoms with Crippen LogP contribution in [-0.2, 0) is 0 Å². The minimum Gasteiger partial charge on any atom is -0.330 e. The lowest BCUT2D eigenvalue weighted by Crippen LogP contribution is -2.45. The van der Waals surface area contributed by atoms with E-state index < -0.39 is 0 Å². The maximum Gasteiger partial charge on any atom is 0.0235 e. The zero-order valence-corrected chi connectivity index (χ0v) is 12.3. The molecule has 0 aromatic carbocycles. The summed E-state index contributed by atoms with van der Waals surface area (Å²) >= 11 is 0. The molecule has 0 bridgehead atoms. The average molecular weight is 253 g/mol. The van der Waals surface area contributed by atoms with E-state index in [0.717, 1.165) is 24.5 Å². The highest BCUT2D eigenvalue weighted by molar-refractivity contribution is 4.91. The predicted molar refractivity (Wildman–Crippen MR) is 77.7 cm³/mol. The van der Waals surface area contributed by atoms with Gasteiger partial charge in [-0.1, -0.05) is 26.7 Å². The summed E-state index contributed by atoms with van der Waals surface area (Å²) in [5.74, 6) is 0.759. The van der Waals surface area contributed by atoms with Gasteiger partial charge in [-0.2, -0.15) is 0 Å². The molecule has 2 fully saturated rings. The van der Waals surface area contributed by atoms with Gasteiger partial charge in [0.2, 0.25) is 0 Å². The van der Waals surface area contributed by atoms with Gasteiger partial charge in [-0.15, -0.1) is 0 Å². The fraction of sp³-hybridized carbons (Fsp3) is 1.00. The smallest absolute Gasteiger partial charge is 0.0235 e. The third-order valence-electron chi connectivity index (χ3n) is 5.16. The summed E-state index contributed by atoms with van der Waals surface area (Å²) in [5, 5.41) is 0. The summed E-state index contributed by atoms with van der Waals surface area (Å²) in [4.78, 5) is 5.37. The number of hydrogen-bond acceptors (Lipinski definition) is 3. The van der Waals surface area contributed by atoms with E-state index in [-0.39, 0.29) is 0 Å². The fourth-order valence-corrected chi connectivity index (χ4v) is 4.05. The summed E-state index contributed by atoms with van der Waals surface area (Å²) in [5.41, 5.74) is 5.97. The lowest BCUT2D eigenvalue weighted by atomic mass is 9.83. The molecule has 2 aliphatic rings. The highest BCUT2D eigenvalue weighted by Gasteiger charge is 2.35. The van der Waals surface area contributed by atoms with Gasteiger partial charge in [-0.3, -0.25) is 9.80 Å². The maximum absolute atomic E-state index is 5.97. The number of hydrogen-bond donors (Lipinski definition) is 1. The molecule has 3 nitrogen and oxygen atoms in total. The SMILES string of the molecule is CCN(CC)C1CCN(C2CCCCC2CN)C1. The first-order valence-electron chi connectivity index (χ1n) is 7.98. The van der Waals surface area contributed by atoms with Crippen LogP contribution in [0.15, 0.2) is 0 Å². The maximum atomic E-state index is 5.97. The Kier molecular flexibility index (Phi) is 5.46. The molecular weight excluding hydrogens is 222 g/mol. The van der Waals surface area contributed by atoms with Crippen LogP contribution < -0.4 is 5.73 Å². The molecular formula is C15H31N3. The second-order valence-electron chi connectivity index (χ2n) is 6.01. The van der Waals surface area contributed by atoms with Crippen LogP contribution >= 0.6 is 0 Å². The van der Waals surface area contributed by atoms with Gasteiger partial charge in [-0.25, -0.2) is 0 Å². The van der Waals surface area contributed by atoms with Gasteiger partial charge in [0.25, 0.3) is 0 Å². The van der Waals surface area contributed by atoms with Crippen LogP contribution in [0.3, 0.4) is 0 Å². The Hall–Kier alpha value is -0.120. The van der Waals surface area contributed by atoms with Crippen LogP contribution in [-0.4, -0.2) is 54.6 Å². The molecule has 1 aliphatic carbocycles. The summed E-state index contributed by atoms with van der Waals surface area (Å²) in [6.45, 7) is 10.4. The molecule has 106 valence electrons. The minimum absolute atomic E-state index is 0.759. The molecule has 3 atom stereocenters. The monoisotopic (exact) mass is 253 g/mol. The van der Waals surface area contributed by atoms with Crippen molar-refractivity contribution in [3.63, 3.8) is 0 Å². The summed E-state index contributed by atoms with van der Waals surface area (Å²) in [6.07, 6.45) is 6.90. The molecule has 0 amide bonds. The van der Waals surface area contributed by atoms with Crippen LogP contribution in [0.1, 0.15) is 46.0 Å². The van der Waals surface area contributed by atoms with E-state index in [4.69, 9.17) is 5.73 Å². The number of nitrogens with two attached hydrogens (primary N) is 1. The van der Waals surface area contributed by atoms with Crippen molar-refractivity contribution >= 4 is 0 Å². The first-order valence-corrected chi connectivity index (χ1v) is 7.98. The van der Waals surface area contributed by atoms with E-state index in [9.17, 15) is 0 Å². The summed E-state index contributed by atoms with van der Waals surface area (Å²) < 4.78 is 0. The van der Waals surface area contributed by atoms with Crippen molar-refractivity contribution in [3.05, 3.63) is 0 Å². The molecule has 0 spiro atoms. The zero-order chi connectivity index (χ0) is 13.0. The number of likely N-dealkylation sites (N-methyl/N-ethyl adjacent to an activating group) is 1. The van der Waals surface area contributed by atoms with Crippen molar-refractivity contribution in [2.75, 3.05) is 32.7 Å². The van der Waals surface area contributed by atoms with Gasteiger partial charge in [0, 0.05) is 25.2 Å². The highest BCUT2D eigenvalue weighted by Crippen LogP contribution is 2.31. The first-order chi connectivity index (χ1) is 8.80. The molecule has 3 heteroatoms. The van der Waals surface area contributed by atoms with Crippen molar-refractivity contribution in [2.24, 2.45) is 11.7 Å². The molecule has 1 saturated heterocycles. The molecule has 1 heterocycles. The van der Waals surface area contributed by atoms with E-state index in [1.165, 1.54) is 58.3 Å². The quantitative estimate of drug-likeness (QED) is 0.812. The summed E-state index contributed by atoms with van der Waals surface area (Å²) in [6, 6.07) is 1.57. The van der Waals surface area contributed by atoms with E-state index in [2.05, 4.69) is 23.6 Å². The van der Waals surface area contributed by atoms with E-state index in [1.54, 1.807) is 0 Å². The van der Waals surface area contributed by atoms with Crippen molar-refractivity contribution in [2.45, 2.75) is 58.0 Å². The second kappa shape index (κ2) is 6.88. The van der Waals surface area contributed by atoms with Gasteiger partial charge in [0.1, 0.15) is 0 Å². The second-order valence-corrected chi connectivity index (χ2v) is 6.01. The predicted octanol–water partition coefficient (Wildman–Crippen LogP) is 1.92. The molecule has 0 aromatic heterocycles. The molecule has 3 unspecified atom stereocenters. The lowest BCUT2D eigenvalue weighted by Gasteiger charge is -2.38. The van der Waals surface area contributed by atoms with E-state index >= 15 is 0 Å². The van der Waals surface area contributed by atoms with Gasteiger partial charge in [0.05, 0.1) is 0 Å². The molecule has 1 aliphatic heterocycles. The van der Waals surface area contributed by atoms with E-state index in [1.807, 2.05) is 0 Å². The van der Waals surface area contributed by atoms with Crippen LogP contribution in [0, 0.1) is 5.92 Å². The summed E-state index contributed by atoms with van der Waals surface area (Å²) in [7, 11) is 0. The standard InChI is InChI=1S/C15H31N3/c1-3-17(4-2)14-9-10-18(12-14)15-8-6-5-7-13(15)11-16/h13-15H,3-12,16H2,1-2H3. The van der Waals surface area contributed by atoms with Crippen LogP contribution in [0.5, 0.6) is 0 Å². The number of rotatable bonds is 5. The van der Waals surface area contributed by atoms with Crippen molar-refractivity contribution < 1.29 is 0 Å². The van der Waals surface area contributed by atoms with E-state index in [0.29, 0.717) is 0 Å². The van der Waals surface area contributed by atoms with Gasteiger partial charge < -0.3 is 5.73 Å². The Balaban J connectivity index is 1.90. The Morgan fingerprint density at radius 2 is 1.83 bits per heavy atom. The third-order valence-corrected chi connectivity index (χ3v) is 5.16. The van der Waals surface area contributed by atoms with Crippen molar-refractivity contribution in [3.8, 4) is 0 Å². The molecule has 0 radical (unpaired) electrons. The Bertz CT molecular complexity index is 240. The lowest BCUT2D eigenvalue weighted by molar-refractivity contribution is 0.118. The number of likely N-dealkylation sites (tertiary alicyclic amines) is 1. The van der Waals surface area contributed by atoms with Gasteiger partial charge >= 0.3 is 0 Å². The molecule has 1 saturated carbocycles. The molecule has 2 rings (SSSR count). The zero-order valence-electron chi connectivity index (χ0n) is 12.3. The van der Waals surface area contributed by atoms with Crippen LogP contribution in [0.2, 0.25) is 0 Å². The highest BCUT2D eigenvalue weighted by atomic mass is 15.3. The van der Waals surface area contributed by atoms with Crippen LogP contribution in [0.25, 0.3) is 0 Å². The molecule has 2 N–H and O–H groups in total. The Labute approximate surface area is 113 Å². The first kappa shape index (κ1) is 14.3. The average Bonchev–Trinajstić information content (AvgIpc) is 2.89. The fourth-order valence-electron chi connectivity index (χ4n) is 4.05. The van der Waals surface area contributed by atoms with Gasteiger partial charge in [-0.05, 0) is 44.8 Å². The third kappa shape index (κ3) is 3.06. The van der Waals surface area contributed by atoms with Crippen molar-refractivity contribution in [1.29, 1.82) is 0 Å². The topological polar surface area (TPSA) is 32.5 Å². The Morgan fingerprint density at radius 3 is 2.50 bits per heavy atom. The molecule has 18 heavy (non-hydrogen) atoms. The van der Waals surface area contributed by atoms with Crippen LogP contribution in [0.4, 0.5) is 0 Å². The normalized spacial score (nSPS) is 34.3. The van der Waals surface area contributed by atoms with Crippen molar-refractivity contribution in [1.82, 2.24) is 9.80 Å². The van der Waals surface area contributed by atoms with Gasteiger partial charge in [0.15, 0.2) is 0 Å². The number of nitrogens with zero attached hydrogens (tertiary/aromatic N) is 2. The minimum atomic E-state index is 0.759. The Morgan fingerprint density at radius 1 is 1.11 bits per heavy atom. The largest absolute Gasteiger partial charge is 0.330 e.